The summed E-state index contributed by atoms with van der Waals surface area (Å²) in [7, 11) is 2.18. The van der Waals surface area contributed by atoms with Crippen LogP contribution in [0.15, 0.2) is 36.9 Å². The molecule has 1 saturated heterocycles. The van der Waals surface area contributed by atoms with Gasteiger partial charge in [-0.05, 0) is 51.3 Å². The van der Waals surface area contributed by atoms with Crippen molar-refractivity contribution in [3.63, 3.8) is 0 Å². The molecule has 162 valence electrons. The number of aromatic nitrogens is 3. The standard InChI is InChI=1S/C24H29N5OS/c1-3-12-29-20-11-10-17(15-18(20)23(26-29)24(30)28-13-6-7-14-28)27(2)16-22-25-19-8-4-5-9-21(19)31-22/h3-5,8-9,17H,1,6-7,10-16H2,2H3. The van der Waals surface area contributed by atoms with Gasteiger partial charge in [0.15, 0.2) is 5.69 Å². The number of benzene rings is 1. The number of fused-ring (bicyclic) bond motifs is 2. The topological polar surface area (TPSA) is 54.3 Å². The van der Waals surface area contributed by atoms with Crippen LogP contribution in [0.25, 0.3) is 10.2 Å². The van der Waals surface area contributed by atoms with E-state index < -0.39 is 0 Å². The maximum atomic E-state index is 13.2. The zero-order chi connectivity index (χ0) is 21.4. The second-order valence-corrected chi connectivity index (χ2v) is 9.75. The van der Waals surface area contributed by atoms with Gasteiger partial charge >= 0.3 is 0 Å². The van der Waals surface area contributed by atoms with Crippen molar-refractivity contribution in [1.82, 2.24) is 24.6 Å². The first-order valence-electron chi connectivity index (χ1n) is 11.2. The number of para-hydroxylation sites is 1. The van der Waals surface area contributed by atoms with Crippen molar-refractivity contribution in [3.05, 3.63) is 58.9 Å². The Morgan fingerprint density at radius 2 is 2.13 bits per heavy atom. The Balaban J connectivity index is 1.37. The summed E-state index contributed by atoms with van der Waals surface area (Å²) in [6.07, 6.45) is 6.92. The van der Waals surface area contributed by atoms with Gasteiger partial charge in [-0.25, -0.2) is 4.98 Å². The average molecular weight is 436 g/mol. The number of hydrogen-bond acceptors (Lipinski definition) is 5. The molecule has 1 atom stereocenters. The molecular weight excluding hydrogens is 406 g/mol. The Hall–Kier alpha value is -2.51. The van der Waals surface area contributed by atoms with E-state index in [0.29, 0.717) is 18.3 Å². The summed E-state index contributed by atoms with van der Waals surface area (Å²) in [5.41, 5.74) is 4.10. The van der Waals surface area contributed by atoms with Gasteiger partial charge < -0.3 is 4.90 Å². The van der Waals surface area contributed by atoms with Gasteiger partial charge in [0, 0.05) is 30.4 Å². The largest absolute Gasteiger partial charge is 0.337 e. The summed E-state index contributed by atoms with van der Waals surface area (Å²) in [6, 6.07) is 8.69. The number of amides is 1. The number of likely N-dealkylation sites (tertiary alicyclic amines) is 1. The highest BCUT2D eigenvalue weighted by Crippen LogP contribution is 2.30. The van der Waals surface area contributed by atoms with Crippen LogP contribution in [0, 0.1) is 0 Å². The first-order chi connectivity index (χ1) is 15.1. The van der Waals surface area contributed by atoms with Crippen LogP contribution in [-0.2, 0) is 25.9 Å². The van der Waals surface area contributed by atoms with Crippen molar-refractivity contribution < 1.29 is 4.79 Å². The fourth-order valence-corrected chi connectivity index (χ4v) is 5.92. The van der Waals surface area contributed by atoms with E-state index in [0.717, 1.165) is 67.8 Å². The minimum absolute atomic E-state index is 0.103. The molecule has 6 nitrogen and oxygen atoms in total. The molecule has 3 heterocycles. The molecule has 0 saturated carbocycles. The molecule has 1 fully saturated rings. The lowest BCUT2D eigenvalue weighted by molar-refractivity contribution is 0.0784. The molecule has 0 radical (unpaired) electrons. The van der Waals surface area contributed by atoms with Gasteiger partial charge in [0.1, 0.15) is 5.01 Å². The van der Waals surface area contributed by atoms with Gasteiger partial charge in [-0.1, -0.05) is 18.2 Å². The Morgan fingerprint density at radius 1 is 1.32 bits per heavy atom. The number of carbonyl (C=O) groups excluding carboxylic acids is 1. The smallest absolute Gasteiger partial charge is 0.274 e. The van der Waals surface area contributed by atoms with Gasteiger partial charge in [-0.2, -0.15) is 5.10 Å². The molecular formula is C24H29N5OS. The third-order valence-electron chi connectivity index (χ3n) is 6.56. The van der Waals surface area contributed by atoms with E-state index in [1.165, 1.54) is 10.4 Å². The lowest BCUT2D eigenvalue weighted by Gasteiger charge is -2.31. The minimum Gasteiger partial charge on any atom is -0.337 e. The van der Waals surface area contributed by atoms with Crippen LogP contribution in [0.3, 0.4) is 0 Å². The highest BCUT2D eigenvalue weighted by Gasteiger charge is 2.33. The quantitative estimate of drug-likeness (QED) is 0.551. The van der Waals surface area contributed by atoms with Crippen LogP contribution in [0.4, 0.5) is 0 Å². The van der Waals surface area contributed by atoms with Crippen LogP contribution in [-0.4, -0.2) is 56.7 Å². The molecule has 31 heavy (non-hydrogen) atoms. The zero-order valence-corrected chi connectivity index (χ0v) is 18.9. The minimum atomic E-state index is 0.103. The van der Waals surface area contributed by atoms with E-state index in [2.05, 4.69) is 36.7 Å². The van der Waals surface area contributed by atoms with Crippen molar-refractivity contribution in [2.24, 2.45) is 0 Å². The van der Waals surface area contributed by atoms with E-state index in [1.807, 2.05) is 21.7 Å². The van der Waals surface area contributed by atoms with Crippen LogP contribution < -0.4 is 0 Å². The number of allylic oxidation sites excluding steroid dienone is 1. The van der Waals surface area contributed by atoms with Crippen molar-refractivity contribution >= 4 is 27.5 Å². The molecule has 0 N–H and O–H groups in total. The lowest BCUT2D eigenvalue weighted by atomic mass is 9.90. The molecule has 1 aromatic carbocycles. The second-order valence-electron chi connectivity index (χ2n) is 8.63. The Morgan fingerprint density at radius 3 is 2.90 bits per heavy atom. The Labute approximate surface area is 187 Å². The molecule has 5 rings (SSSR count). The predicted molar refractivity (Wildman–Crippen MR) is 124 cm³/mol. The third kappa shape index (κ3) is 3.92. The SMILES string of the molecule is C=CCn1nc(C(=O)N2CCCC2)c2c1CCC(N(C)Cc1nc3ccccc3s1)C2. The van der Waals surface area contributed by atoms with Crippen LogP contribution >= 0.6 is 11.3 Å². The number of carbonyl (C=O) groups is 1. The van der Waals surface area contributed by atoms with E-state index in [9.17, 15) is 4.79 Å². The summed E-state index contributed by atoms with van der Waals surface area (Å²) >= 11 is 1.77. The number of nitrogens with zero attached hydrogens (tertiary/aromatic N) is 5. The van der Waals surface area contributed by atoms with Gasteiger partial charge in [-0.15, -0.1) is 17.9 Å². The monoisotopic (exact) mass is 435 g/mol. The average Bonchev–Trinajstić information content (AvgIpc) is 3.52. The molecule has 1 aliphatic carbocycles. The van der Waals surface area contributed by atoms with Crippen molar-refractivity contribution in [1.29, 1.82) is 0 Å². The van der Waals surface area contributed by atoms with Crippen LogP contribution in [0.2, 0.25) is 0 Å². The summed E-state index contributed by atoms with van der Waals surface area (Å²) in [4.78, 5) is 22.4. The second kappa shape index (κ2) is 8.55. The highest BCUT2D eigenvalue weighted by molar-refractivity contribution is 7.18. The molecule has 1 unspecified atom stereocenters. The van der Waals surface area contributed by atoms with E-state index in [1.54, 1.807) is 11.3 Å². The fraction of sp³-hybridized carbons (Fsp3) is 0.458. The summed E-state index contributed by atoms with van der Waals surface area (Å²) in [5.74, 6) is 0.103. The van der Waals surface area contributed by atoms with E-state index in [-0.39, 0.29) is 5.91 Å². The number of rotatable bonds is 6. The Kier molecular flexibility index (Phi) is 5.63. The fourth-order valence-electron chi connectivity index (χ4n) is 4.89. The Bertz CT molecular complexity index is 1080. The van der Waals surface area contributed by atoms with E-state index in [4.69, 9.17) is 10.1 Å². The van der Waals surface area contributed by atoms with Gasteiger partial charge in [0.2, 0.25) is 0 Å². The molecule has 7 heteroatoms. The molecule has 1 amide bonds. The normalized spacial score (nSPS) is 18.6. The summed E-state index contributed by atoms with van der Waals surface area (Å²) < 4.78 is 3.23. The van der Waals surface area contributed by atoms with Gasteiger partial charge in [-0.3, -0.25) is 14.4 Å². The van der Waals surface area contributed by atoms with Crippen LogP contribution in [0.5, 0.6) is 0 Å². The van der Waals surface area contributed by atoms with Gasteiger partial charge in [0.25, 0.3) is 5.91 Å². The first-order valence-corrected chi connectivity index (χ1v) is 12.0. The van der Waals surface area contributed by atoms with Crippen molar-refractivity contribution in [2.75, 3.05) is 20.1 Å². The molecule has 0 bridgehead atoms. The number of likely N-dealkylation sites (N-methyl/N-ethyl adjacent to an activating group) is 1. The molecule has 0 spiro atoms. The summed E-state index contributed by atoms with van der Waals surface area (Å²) in [6.45, 7) is 7.06. The molecule has 3 aromatic rings. The number of hydrogen-bond donors (Lipinski definition) is 0. The highest BCUT2D eigenvalue weighted by atomic mass is 32.1. The zero-order valence-electron chi connectivity index (χ0n) is 18.1. The molecule has 2 aliphatic rings. The maximum absolute atomic E-state index is 13.2. The van der Waals surface area contributed by atoms with Crippen molar-refractivity contribution in [2.45, 2.75) is 51.2 Å². The lowest BCUT2D eigenvalue weighted by Crippen LogP contribution is -2.37. The van der Waals surface area contributed by atoms with Gasteiger partial charge in [0.05, 0.1) is 23.3 Å². The summed E-state index contributed by atoms with van der Waals surface area (Å²) in [5, 5.41) is 5.90. The first kappa shape index (κ1) is 20.4. The van der Waals surface area contributed by atoms with Crippen LogP contribution in [0.1, 0.15) is 46.0 Å². The maximum Gasteiger partial charge on any atom is 0.274 e. The third-order valence-corrected chi connectivity index (χ3v) is 7.59. The molecule has 1 aliphatic heterocycles. The number of thiazole rings is 1. The predicted octanol–water partition coefficient (Wildman–Crippen LogP) is 3.90. The van der Waals surface area contributed by atoms with E-state index >= 15 is 0 Å². The molecule has 2 aromatic heterocycles. The van der Waals surface area contributed by atoms with Crippen molar-refractivity contribution in [3.8, 4) is 0 Å².